The van der Waals surface area contributed by atoms with E-state index in [-0.39, 0.29) is 5.91 Å². The van der Waals surface area contributed by atoms with E-state index in [0.29, 0.717) is 13.1 Å². The third-order valence-corrected chi connectivity index (χ3v) is 5.97. The van der Waals surface area contributed by atoms with Crippen LogP contribution in [0.15, 0.2) is 53.9 Å². The Bertz CT molecular complexity index is 992. The lowest BCUT2D eigenvalue weighted by atomic mass is 10.1. The molecule has 168 valence electrons. The second kappa shape index (κ2) is 10.7. The number of benzene rings is 1. The van der Waals surface area contributed by atoms with Crippen molar-refractivity contribution in [2.75, 3.05) is 44.7 Å². The van der Waals surface area contributed by atoms with E-state index in [9.17, 15) is 4.79 Å². The molecule has 1 aromatic heterocycles. The Morgan fingerprint density at radius 2 is 2.16 bits per heavy atom. The molecule has 1 aromatic carbocycles. The van der Waals surface area contributed by atoms with Crippen molar-refractivity contribution in [1.82, 2.24) is 24.9 Å². The van der Waals surface area contributed by atoms with Crippen LogP contribution in [0, 0.1) is 0 Å². The van der Waals surface area contributed by atoms with E-state index >= 15 is 0 Å². The molecule has 0 unspecified atom stereocenters. The second-order valence-corrected chi connectivity index (χ2v) is 8.52. The Balaban J connectivity index is 1.47. The average Bonchev–Trinajstić information content (AvgIpc) is 2.82. The van der Waals surface area contributed by atoms with Gasteiger partial charge in [-0.2, -0.15) is 0 Å². The molecule has 2 aliphatic rings. The van der Waals surface area contributed by atoms with E-state index in [0.717, 1.165) is 66.5 Å². The molecule has 2 aliphatic heterocycles. The summed E-state index contributed by atoms with van der Waals surface area (Å²) in [5.41, 5.74) is 2.70. The normalized spacial score (nSPS) is 15.8. The SMILES string of the molecule is C=CC(=O)N(CCCN1CCOCC1)N1C=Cc2ncnc(Nc3cccc(Br)c3)c2C1. The molecule has 1 saturated heterocycles. The molecule has 0 radical (unpaired) electrons. The molecule has 0 aliphatic carbocycles. The van der Waals surface area contributed by atoms with Gasteiger partial charge >= 0.3 is 0 Å². The largest absolute Gasteiger partial charge is 0.379 e. The van der Waals surface area contributed by atoms with E-state index in [1.165, 1.54) is 6.08 Å². The maximum Gasteiger partial charge on any atom is 0.264 e. The molecule has 1 amide bonds. The summed E-state index contributed by atoms with van der Waals surface area (Å²) in [4.78, 5) is 23.9. The van der Waals surface area contributed by atoms with Crippen molar-refractivity contribution in [1.29, 1.82) is 0 Å². The predicted molar refractivity (Wildman–Crippen MR) is 128 cm³/mol. The topological polar surface area (TPSA) is 73.8 Å². The first-order chi connectivity index (χ1) is 15.6. The molecule has 0 bridgehead atoms. The summed E-state index contributed by atoms with van der Waals surface area (Å²) in [5, 5.41) is 7.03. The highest BCUT2D eigenvalue weighted by Crippen LogP contribution is 2.28. The van der Waals surface area contributed by atoms with Gasteiger partial charge in [-0.1, -0.05) is 28.6 Å². The smallest absolute Gasteiger partial charge is 0.264 e. The third kappa shape index (κ3) is 5.53. The number of nitrogens with one attached hydrogen (secondary N) is 1. The first-order valence-corrected chi connectivity index (χ1v) is 11.5. The number of hydrogen-bond acceptors (Lipinski definition) is 7. The van der Waals surface area contributed by atoms with Gasteiger partial charge in [0.25, 0.3) is 5.91 Å². The lowest BCUT2D eigenvalue weighted by Crippen LogP contribution is -2.45. The molecule has 32 heavy (non-hydrogen) atoms. The molecule has 8 nitrogen and oxygen atoms in total. The number of ether oxygens (including phenoxy) is 1. The van der Waals surface area contributed by atoms with Gasteiger partial charge in [-0.3, -0.25) is 19.7 Å². The van der Waals surface area contributed by atoms with Crippen molar-refractivity contribution in [3.63, 3.8) is 0 Å². The van der Waals surface area contributed by atoms with Crippen molar-refractivity contribution in [3.05, 3.63) is 65.2 Å². The molecular formula is C23H27BrN6O2. The monoisotopic (exact) mass is 498 g/mol. The van der Waals surface area contributed by atoms with Crippen LogP contribution in [0.5, 0.6) is 0 Å². The third-order valence-electron chi connectivity index (χ3n) is 5.48. The first kappa shape index (κ1) is 22.4. The molecule has 1 fully saturated rings. The van der Waals surface area contributed by atoms with Gasteiger partial charge in [0.15, 0.2) is 0 Å². The van der Waals surface area contributed by atoms with Crippen LogP contribution in [0.25, 0.3) is 6.08 Å². The predicted octanol–water partition coefficient (Wildman–Crippen LogP) is 3.42. The number of hydrogen-bond donors (Lipinski definition) is 1. The van der Waals surface area contributed by atoms with Crippen molar-refractivity contribution >= 4 is 39.4 Å². The molecule has 0 atom stereocenters. The maximum absolute atomic E-state index is 12.7. The lowest BCUT2D eigenvalue weighted by molar-refractivity contribution is -0.140. The van der Waals surface area contributed by atoms with E-state index in [4.69, 9.17) is 4.74 Å². The fraction of sp³-hybridized carbons (Fsp3) is 0.348. The second-order valence-electron chi connectivity index (χ2n) is 7.61. The highest BCUT2D eigenvalue weighted by atomic mass is 79.9. The van der Waals surface area contributed by atoms with E-state index in [1.807, 2.05) is 41.6 Å². The van der Waals surface area contributed by atoms with Gasteiger partial charge < -0.3 is 10.1 Å². The molecule has 2 aromatic rings. The van der Waals surface area contributed by atoms with Crippen molar-refractivity contribution < 1.29 is 9.53 Å². The minimum Gasteiger partial charge on any atom is -0.379 e. The Morgan fingerprint density at radius 1 is 1.31 bits per heavy atom. The number of aromatic nitrogens is 2. The molecule has 0 spiro atoms. The minimum absolute atomic E-state index is 0.126. The van der Waals surface area contributed by atoms with E-state index < -0.39 is 0 Å². The number of morpholine rings is 1. The van der Waals surface area contributed by atoms with Gasteiger partial charge in [0, 0.05) is 48.1 Å². The Morgan fingerprint density at radius 3 is 2.94 bits per heavy atom. The van der Waals surface area contributed by atoms with Crippen molar-refractivity contribution in [2.24, 2.45) is 0 Å². The Labute approximate surface area is 196 Å². The minimum atomic E-state index is -0.126. The van der Waals surface area contributed by atoms with Gasteiger partial charge in [0.05, 0.1) is 25.5 Å². The van der Waals surface area contributed by atoms with Gasteiger partial charge in [-0.05, 0) is 36.8 Å². The van der Waals surface area contributed by atoms with Crippen molar-refractivity contribution in [2.45, 2.75) is 13.0 Å². The Kier molecular flexibility index (Phi) is 7.51. The number of carbonyl (C=O) groups excluding carboxylic acids is 1. The van der Waals surface area contributed by atoms with Crippen LogP contribution in [-0.2, 0) is 16.1 Å². The van der Waals surface area contributed by atoms with Crippen LogP contribution in [-0.4, -0.2) is 70.2 Å². The standard InChI is InChI=1S/C23H27BrN6O2/c1-2-22(31)30(9-4-8-28-11-13-32-14-12-28)29-10-7-21-20(16-29)23(26-17-25-21)27-19-6-3-5-18(24)15-19/h2-3,5-7,10,15,17H,1,4,8-9,11-14,16H2,(H,25,26,27). The summed E-state index contributed by atoms with van der Waals surface area (Å²) in [6.07, 6.45) is 7.59. The number of fused-ring (bicyclic) bond motifs is 1. The molecule has 1 N–H and O–H groups in total. The number of carbonyl (C=O) groups is 1. The highest BCUT2D eigenvalue weighted by Gasteiger charge is 2.24. The molecule has 4 rings (SSSR count). The van der Waals surface area contributed by atoms with Crippen molar-refractivity contribution in [3.8, 4) is 0 Å². The number of rotatable bonds is 8. The van der Waals surface area contributed by atoms with Gasteiger partial charge in [0.1, 0.15) is 12.1 Å². The summed E-state index contributed by atoms with van der Waals surface area (Å²) in [6, 6.07) is 7.91. The van der Waals surface area contributed by atoms with Crippen LogP contribution in [0.1, 0.15) is 17.7 Å². The fourth-order valence-electron chi connectivity index (χ4n) is 3.81. The molecule has 9 heteroatoms. The van der Waals surface area contributed by atoms with Crippen LogP contribution in [0.4, 0.5) is 11.5 Å². The van der Waals surface area contributed by atoms with E-state index in [1.54, 1.807) is 11.3 Å². The number of anilines is 2. The van der Waals surface area contributed by atoms with E-state index in [2.05, 4.69) is 42.7 Å². The first-order valence-electron chi connectivity index (χ1n) is 10.7. The van der Waals surface area contributed by atoms with Gasteiger partial charge in [-0.25, -0.2) is 9.97 Å². The van der Waals surface area contributed by atoms with Crippen LogP contribution in [0.3, 0.4) is 0 Å². The number of amides is 1. The average molecular weight is 499 g/mol. The van der Waals surface area contributed by atoms with Gasteiger partial charge in [-0.15, -0.1) is 0 Å². The molecule has 0 saturated carbocycles. The van der Waals surface area contributed by atoms with Crippen LogP contribution < -0.4 is 5.32 Å². The summed E-state index contributed by atoms with van der Waals surface area (Å²) in [5.74, 6) is 0.597. The molecular weight excluding hydrogens is 472 g/mol. The summed E-state index contributed by atoms with van der Waals surface area (Å²) < 4.78 is 6.40. The highest BCUT2D eigenvalue weighted by molar-refractivity contribution is 9.10. The Hall–Kier alpha value is -2.75. The number of hydrazine groups is 1. The number of nitrogens with zero attached hydrogens (tertiary/aromatic N) is 5. The maximum atomic E-state index is 12.7. The quantitative estimate of drug-likeness (QED) is 0.558. The van der Waals surface area contributed by atoms with Gasteiger partial charge in [0.2, 0.25) is 0 Å². The zero-order valence-corrected chi connectivity index (χ0v) is 19.5. The number of halogens is 1. The lowest BCUT2D eigenvalue weighted by Gasteiger charge is -2.36. The zero-order valence-electron chi connectivity index (χ0n) is 17.9. The fourth-order valence-corrected chi connectivity index (χ4v) is 4.21. The van der Waals surface area contributed by atoms with Crippen LogP contribution >= 0.6 is 15.9 Å². The zero-order chi connectivity index (χ0) is 22.3. The summed E-state index contributed by atoms with van der Waals surface area (Å²) in [6.45, 7) is 9.13. The summed E-state index contributed by atoms with van der Waals surface area (Å²) in [7, 11) is 0. The molecule has 3 heterocycles. The van der Waals surface area contributed by atoms with Crippen LogP contribution in [0.2, 0.25) is 0 Å². The summed E-state index contributed by atoms with van der Waals surface area (Å²) >= 11 is 3.50.